The van der Waals surface area contributed by atoms with Gasteiger partial charge in [0.05, 0.1) is 20.0 Å². The molecule has 0 unspecified atom stereocenters. The second kappa shape index (κ2) is 13.5. The zero-order valence-electron chi connectivity index (χ0n) is 26.3. The number of benzene rings is 6. The number of rotatable bonds is 9. The molecule has 6 aromatic carbocycles. The highest BCUT2D eigenvalue weighted by Gasteiger charge is 2.25. The Kier molecular flexibility index (Phi) is 8.48. The molecule has 1 aliphatic rings. The van der Waals surface area contributed by atoms with Gasteiger partial charge in [0.1, 0.15) is 34.5 Å². The van der Waals surface area contributed by atoms with Crippen LogP contribution in [0.25, 0.3) is 0 Å². The van der Waals surface area contributed by atoms with E-state index in [1.54, 1.807) is 0 Å². The van der Waals surface area contributed by atoms with Gasteiger partial charge in [-0.2, -0.15) is 0 Å². The molecule has 0 aliphatic carbocycles. The predicted molar refractivity (Wildman–Crippen MR) is 194 cm³/mol. The molecule has 6 aromatic rings. The van der Waals surface area contributed by atoms with Crippen molar-refractivity contribution in [2.24, 2.45) is 0 Å². The Bertz CT molecular complexity index is 1700. The third-order valence-electron chi connectivity index (χ3n) is 7.98. The fourth-order valence-electron chi connectivity index (χ4n) is 5.43. The Hall–Kier alpha value is -6.48. The largest absolute Gasteiger partial charge is 0.457 e. The lowest BCUT2D eigenvalue weighted by molar-refractivity contribution is 0.482. The van der Waals surface area contributed by atoms with Crippen LogP contribution in [0.1, 0.15) is 0 Å². The monoisotopic (exact) mass is 636 g/mol. The van der Waals surface area contributed by atoms with E-state index in [4.69, 9.17) is 31.4 Å². The summed E-state index contributed by atoms with van der Waals surface area (Å²) in [5.74, 6) is 4.47. The van der Waals surface area contributed by atoms with Gasteiger partial charge in [-0.3, -0.25) is 0 Å². The predicted octanol–water partition coefficient (Wildman–Crippen LogP) is 8.52. The zero-order valence-corrected chi connectivity index (χ0v) is 26.3. The van der Waals surface area contributed by atoms with Crippen LogP contribution in [0, 0.1) is 0 Å². The Morgan fingerprint density at radius 3 is 0.688 bits per heavy atom. The molecule has 1 heterocycles. The maximum Gasteiger partial charge on any atom is 0.127 e. The van der Waals surface area contributed by atoms with Gasteiger partial charge in [0.15, 0.2) is 0 Å². The van der Waals surface area contributed by atoms with E-state index < -0.39 is 0 Å². The lowest BCUT2D eigenvalue weighted by Crippen LogP contribution is -2.55. The van der Waals surface area contributed by atoms with Gasteiger partial charge < -0.3 is 46.1 Å². The smallest absolute Gasteiger partial charge is 0.127 e. The summed E-state index contributed by atoms with van der Waals surface area (Å²) in [7, 11) is 0. The number of nitrogens with zero attached hydrogens (tertiary/aromatic N) is 3. The molecule has 0 saturated carbocycles. The second-order valence-corrected chi connectivity index (χ2v) is 11.5. The standard InChI is InChI=1S/C39H36N6O3/c40-28-1-13-34(14-2-28)46-37-19-7-31(8-20-37)43-25-44(32-9-21-38(22-10-32)47-35-15-3-29(41)4-16-35)27-45(26-43)33-11-23-39(24-12-33)48-36-17-5-30(42)6-18-36/h1-24H,25-27,40-42H2. The second-order valence-electron chi connectivity index (χ2n) is 11.5. The van der Waals surface area contributed by atoms with E-state index in [0.29, 0.717) is 37.1 Å². The molecule has 0 spiro atoms. The van der Waals surface area contributed by atoms with E-state index in [1.807, 2.05) is 109 Å². The van der Waals surface area contributed by atoms with E-state index in [-0.39, 0.29) is 0 Å². The van der Waals surface area contributed by atoms with E-state index in [9.17, 15) is 0 Å². The van der Waals surface area contributed by atoms with Crippen LogP contribution in [0.5, 0.6) is 34.5 Å². The van der Waals surface area contributed by atoms with E-state index in [1.165, 1.54) is 0 Å². The molecule has 0 bridgehead atoms. The highest BCUT2D eigenvalue weighted by atomic mass is 16.5. The lowest BCUT2D eigenvalue weighted by Gasteiger charge is -2.45. The minimum atomic E-state index is 0.686. The van der Waals surface area contributed by atoms with Crippen molar-refractivity contribution >= 4 is 34.1 Å². The molecule has 1 saturated heterocycles. The number of anilines is 6. The Labute approximate surface area is 279 Å². The first-order valence-corrected chi connectivity index (χ1v) is 15.6. The van der Waals surface area contributed by atoms with Crippen LogP contribution in [-0.2, 0) is 0 Å². The van der Waals surface area contributed by atoms with Crippen LogP contribution >= 0.6 is 0 Å². The molecule has 9 nitrogen and oxygen atoms in total. The van der Waals surface area contributed by atoms with Gasteiger partial charge in [-0.15, -0.1) is 0 Å². The third kappa shape index (κ3) is 7.32. The molecule has 0 amide bonds. The molecule has 0 aromatic heterocycles. The zero-order chi connectivity index (χ0) is 32.9. The fraction of sp³-hybridized carbons (Fsp3) is 0.0769. The Morgan fingerprint density at radius 1 is 0.292 bits per heavy atom. The average Bonchev–Trinajstić information content (AvgIpc) is 3.12. The van der Waals surface area contributed by atoms with Crippen molar-refractivity contribution in [1.29, 1.82) is 0 Å². The molecule has 1 fully saturated rings. The first-order valence-electron chi connectivity index (χ1n) is 15.6. The van der Waals surface area contributed by atoms with Crippen LogP contribution < -0.4 is 46.1 Å². The number of nitrogen functional groups attached to an aromatic ring is 3. The summed E-state index contributed by atoms with van der Waals surface area (Å²) in [6, 6.07) is 46.6. The SMILES string of the molecule is Nc1ccc(Oc2ccc(N3CN(c4ccc(Oc5ccc(N)cc5)cc4)CN(c4ccc(Oc5ccc(N)cc5)cc4)C3)cc2)cc1. The van der Waals surface area contributed by atoms with E-state index in [0.717, 1.165) is 51.6 Å². The molecule has 9 heteroatoms. The van der Waals surface area contributed by atoms with Crippen LogP contribution in [0.15, 0.2) is 146 Å². The minimum absolute atomic E-state index is 0.686. The van der Waals surface area contributed by atoms with Gasteiger partial charge in [-0.25, -0.2) is 0 Å². The highest BCUT2D eigenvalue weighted by molar-refractivity contribution is 5.61. The molecule has 240 valence electrons. The summed E-state index contributed by atoms with van der Waals surface area (Å²) >= 11 is 0. The lowest BCUT2D eigenvalue weighted by atomic mass is 10.2. The molecular formula is C39H36N6O3. The molecule has 0 atom stereocenters. The van der Waals surface area contributed by atoms with Crippen molar-refractivity contribution in [3.8, 4) is 34.5 Å². The number of hydrogen-bond acceptors (Lipinski definition) is 9. The summed E-state index contributed by atoms with van der Waals surface area (Å²) in [4.78, 5) is 6.98. The van der Waals surface area contributed by atoms with E-state index in [2.05, 4.69) is 51.1 Å². The van der Waals surface area contributed by atoms with Crippen molar-refractivity contribution in [3.05, 3.63) is 146 Å². The van der Waals surface area contributed by atoms with Crippen LogP contribution in [0.4, 0.5) is 34.1 Å². The highest BCUT2D eigenvalue weighted by Crippen LogP contribution is 2.32. The Morgan fingerprint density at radius 2 is 0.479 bits per heavy atom. The number of hydrogen-bond donors (Lipinski definition) is 3. The Balaban J connectivity index is 1.11. The molecule has 7 rings (SSSR count). The van der Waals surface area contributed by atoms with E-state index >= 15 is 0 Å². The van der Waals surface area contributed by atoms with Gasteiger partial charge in [-0.1, -0.05) is 0 Å². The number of ether oxygens (including phenoxy) is 3. The van der Waals surface area contributed by atoms with Crippen molar-refractivity contribution < 1.29 is 14.2 Å². The van der Waals surface area contributed by atoms with Gasteiger partial charge in [0.2, 0.25) is 0 Å². The van der Waals surface area contributed by atoms with Gasteiger partial charge in [0.25, 0.3) is 0 Å². The summed E-state index contributed by atoms with van der Waals surface area (Å²) in [5.41, 5.74) is 22.8. The molecular weight excluding hydrogens is 600 g/mol. The van der Waals surface area contributed by atoms with Crippen LogP contribution in [0.3, 0.4) is 0 Å². The van der Waals surface area contributed by atoms with Gasteiger partial charge in [-0.05, 0) is 146 Å². The summed E-state index contributed by atoms with van der Waals surface area (Å²) in [5, 5.41) is 0. The maximum absolute atomic E-state index is 6.04. The summed E-state index contributed by atoms with van der Waals surface area (Å²) in [6.45, 7) is 2.06. The quantitative estimate of drug-likeness (QED) is 0.134. The fourth-order valence-corrected chi connectivity index (χ4v) is 5.43. The van der Waals surface area contributed by atoms with Gasteiger partial charge >= 0.3 is 0 Å². The van der Waals surface area contributed by atoms with Crippen molar-refractivity contribution in [1.82, 2.24) is 0 Å². The molecule has 0 radical (unpaired) electrons. The number of nitrogens with two attached hydrogens (primary N) is 3. The first kappa shape index (κ1) is 30.2. The summed E-state index contributed by atoms with van der Waals surface area (Å²) < 4.78 is 18.1. The molecule has 1 aliphatic heterocycles. The average molecular weight is 637 g/mol. The molecule has 6 N–H and O–H groups in total. The van der Waals surface area contributed by atoms with Crippen LogP contribution in [0.2, 0.25) is 0 Å². The van der Waals surface area contributed by atoms with Crippen molar-refractivity contribution in [2.75, 3.05) is 51.9 Å². The van der Waals surface area contributed by atoms with Crippen molar-refractivity contribution in [3.63, 3.8) is 0 Å². The normalized spacial score (nSPS) is 12.9. The third-order valence-corrected chi connectivity index (χ3v) is 7.98. The minimum Gasteiger partial charge on any atom is -0.457 e. The van der Waals surface area contributed by atoms with Crippen molar-refractivity contribution in [2.45, 2.75) is 0 Å². The first-order chi connectivity index (χ1) is 23.4. The molecule has 48 heavy (non-hydrogen) atoms. The maximum atomic E-state index is 6.04. The summed E-state index contributed by atoms with van der Waals surface area (Å²) in [6.07, 6.45) is 0. The van der Waals surface area contributed by atoms with Crippen LogP contribution in [-0.4, -0.2) is 20.0 Å². The topological polar surface area (TPSA) is 115 Å². The van der Waals surface area contributed by atoms with Gasteiger partial charge in [0, 0.05) is 34.1 Å².